The van der Waals surface area contributed by atoms with Crippen molar-refractivity contribution >= 4 is 29.0 Å². The molecule has 1 aliphatic heterocycles. The Morgan fingerprint density at radius 2 is 1.93 bits per heavy atom. The molecule has 3 rings (SSSR count). The van der Waals surface area contributed by atoms with E-state index in [0.717, 1.165) is 0 Å². The normalized spacial score (nSPS) is 14.5. The first-order valence-corrected chi connectivity index (χ1v) is 8.99. The Balaban J connectivity index is 1.80. The van der Waals surface area contributed by atoms with Gasteiger partial charge in [-0.05, 0) is 25.0 Å². The molecule has 0 atom stereocenters. The van der Waals surface area contributed by atoms with Crippen LogP contribution in [0.5, 0.6) is 11.5 Å². The third kappa shape index (κ3) is 4.03. The van der Waals surface area contributed by atoms with Gasteiger partial charge in [0.05, 0.1) is 32.9 Å². The molecule has 2 heterocycles. The largest absolute Gasteiger partial charge is 0.497 e. The van der Waals surface area contributed by atoms with Crippen LogP contribution in [0.25, 0.3) is 0 Å². The highest BCUT2D eigenvalue weighted by Gasteiger charge is 2.27. The Kier molecular flexibility index (Phi) is 6.03. The summed E-state index contributed by atoms with van der Waals surface area (Å²) >= 11 is 0. The van der Waals surface area contributed by atoms with E-state index in [1.807, 2.05) is 12.1 Å². The van der Waals surface area contributed by atoms with Crippen LogP contribution >= 0.6 is 0 Å². The number of aromatic nitrogens is 2. The fraction of sp³-hybridized carbons (Fsp3) is 0.421. The molecule has 0 radical (unpaired) electrons. The minimum Gasteiger partial charge on any atom is -0.497 e. The smallest absolute Gasteiger partial charge is 0.308 e. The van der Waals surface area contributed by atoms with E-state index in [0.29, 0.717) is 60.4 Å². The minimum absolute atomic E-state index is 0.0806. The monoisotopic (exact) mass is 387 g/mol. The summed E-state index contributed by atoms with van der Waals surface area (Å²) in [5.74, 6) is 2.19. The number of rotatable bonds is 6. The van der Waals surface area contributed by atoms with Crippen molar-refractivity contribution in [2.45, 2.75) is 12.8 Å². The molecule has 28 heavy (non-hydrogen) atoms. The van der Waals surface area contributed by atoms with Crippen LogP contribution in [-0.2, 0) is 9.53 Å². The average molecular weight is 387 g/mol. The van der Waals surface area contributed by atoms with Crippen molar-refractivity contribution < 1.29 is 19.0 Å². The molecule has 0 aliphatic carbocycles. The number of esters is 1. The number of hydrogen-bond acceptors (Lipinski definition) is 9. The summed E-state index contributed by atoms with van der Waals surface area (Å²) in [4.78, 5) is 22.4. The molecule has 9 heteroatoms. The number of benzene rings is 1. The standard InChI is InChI=1S/C19H25N5O4/c1-26-13-4-5-15(27-2)14(10-13)23-17-16(20)18(22-11-21-17)24-8-6-12(7-9-24)19(25)28-3/h4-5,10-12H,6-9,20H2,1-3H3,(H,21,22,23). The first-order chi connectivity index (χ1) is 13.6. The Labute approximate surface area is 163 Å². The molecule has 9 nitrogen and oxygen atoms in total. The van der Waals surface area contributed by atoms with Crippen LogP contribution in [0.2, 0.25) is 0 Å². The van der Waals surface area contributed by atoms with E-state index < -0.39 is 0 Å². The van der Waals surface area contributed by atoms with Gasteiger partial charge in [0.1, 0.15) is 23.5 Å². The summed E-state index contributed by atoms with van der Waals surface area (Å²) in [5.41, 5.74) is 7.47. The molecule has 1 saturated heterocycles. The summed E-state index contributed by atoms with van der Waals surface area (Å²) < 4.78 is 15.5. The lowest BCUT2D eigenvalue weighted by molar-refractivity contribution is -0.146. The number of carbonyl (C=O) groups excluding carboxylic acids is 1. The van der Waals surface area contributed by atoms with Crippen LogP contribution in [0.3, 0.4) is 0 Å². The van der Waals surface area contributed by atoms with Gasteiger partial charge in [0.25, 0.3) is 0 Å². The SMILES string of the molecule is COC(=O)C1CCN(c2ncnc(Nc3cc(OC)ccc3OC)c2N)CC1. The molecule has 0 spiro atoms. The molecular formula is C19H25N5O4. The molecule has 1 aromatic carbocycles. The van der Waals surface area contributed by atoms with Gasteiger partial charge in [0.2, 0.25) is 0 Å². The van der Waals surface area contributed by atoms with Crippen molar-refractivity contribution in [2.75, 3.05) is 50.4 Å². The molecule has 3 N–H and O–H groups in total. The highest BCUT2D eigenvalue weighted by Crippen LogP contribution is 2.35. The number of anilines is 4. The quantitative estimate of drug-likeness (QED) is 0.720. The van der Waals surface area contributed by atoms with Gasteiger partial charge in [-0.1, -0.05) is 0 Å². The second-order valence-corrected chi connectivity index (χ2v) is 6.44. The van der Waals surface area contributed by atoms with Crippen LogP contribution < -0.4 is 25.4 Å². The molecule has 1 aliphatic rings. The number of methoxy groups -OCH3 is 3. The fourth-order valence-corrected chi connectivity index (χ4v) is 3.27. The molecular weight excluding hydrogens is 362 g/mol. The van der Waals surface area contributed by atoms with Gasteiger partial charge in [-0.2, -0.15) is 0 Å². The number of nitrogens with one attached hydrogen (secondary N) is 1. The molecule has 0 unspecified atom stereocenters. The number of nitrogens with two attached hydrogens (primary N) is 1. The molecule has 150 valence electrons. The summed E-state index contributed by atoms with van der Waals surface area (Å²) in [6.45, 7) is 1.34. The highest BCUT2D eigenvalue weighted by atomic mass is 16.5. The van der Waals surface area contributed by atoms with Crippen LogP contribution in [0, 0.1) is 5.92 Å². The number of carbonyl (C=O) groups is 1. The van der Waals surface area contributed by atoms with Crippen LogP contribution in [0.15, 0.2) is 24.5 Å². The predicted molar refractivity (Wildman–Crippen MR) is 106 cm³/mol. The maximum Gasteiger partial charge on any atom is 0.308 e. The van der Waals surface area contributed by atoms with Gasteiger partial charge >= 0.3 is 5.97 Å². The Bertz CT molecular complexity index is 837. The lowest BCUT2D eigenvalue weighted by atomic mass is 9.97. The number of piperidine rings is 1. The second-order valence-electron chi connectivity index (χ2n) is 6.44. The van der Waals surface area contributed by atoms with Crippen LogP contribution in [0.1, 0.15) is 12.8 Å². The predicted octanol–water partition coefficient (Wildman–Crippen LogP) is 2.21. The summed E-state index contributed by atoms with van der Waals surface area (Å²) in [6.07, 6.45) is 2.86. The first kappa shape index (κ1) is 19.5. The maximum atomic E-state index is 11.7. The van der Waals surface area contributed by atoms with Gasteiger partial charge < -0.3 is 30.2 Å². The molecule has 1 aromatic heterocycles. The number of hydrogen-bond donors (Lipinski definition) is 2. The minimum atomic E-state index is -0.164. The van der Waals surface area contributed by atoms with E-state index in [1.54, 1.807) is 20.3 Å². The van der Waals surface area contributed by atoms with Crippen molar-refractivity contribution in [1.82, 2.24) is 9.97 Å². The zero-order chi connectivity index (χ0) is 20.1. The van der Waals surface area contributed by atoms with Gasteiger partial charge in [0, 0.05) is 19.2 Å². The number of ether oxygens (including phenoxy) is 3. The number of nitrogens with zero attached hydrogens (tertiary/aromatic N) is 3. The van der Waals surface area contributed by atoms with Gasteiger partial charge in [-0.25, -0.2) is 9.97 Å². The van der Waals surface area contributed by atoms with Gasteiger partial charge in [0.15, 0.2) is 11.6 Å². The summed E-state index contributed by atoms with van der Waals surface area (Å²) in [5, 5.41) is 3.20. The van der Waals surface area contributed by atoms with E-state index >= 15 is 0 Å². The highest BCUT2D eigenvalue weighted by molar-refractivity contribution is 5.80. The van der Waals surface area contributed by atoms with Crippen LogP contribution in [-0.4, -0.2) is 50.4 Å². The molecule has 0 bridgehead atoms. The van der Waals surface area contributed by atoms with Crippen molar-refractivity contribution in [2.24, 2.45) is 5.92 Å². The van der Waals surface area contributed by atoms with E-state index in [2.05, 4.69) is 20.2 Å². The van der Waals surface area contributed by atoms with Gasteiger partial charge in [-0.3, -0.25) is 4.79 Å². The average Bonchev–Trinajstić information content (AvgIpc) is 2.74. The zero-order valence-corrected chi connectivity index (χ0v) is 16.3. The maximum absolute atomic E-state index is 11.7. The molecule has 1 fully saturated rings. The Morgan fingerprint density at radius 3 is 2.57 bits per heavy atom. The third-order valence-electron chi connectivity index (χ3n) is 4.85. The molecule has 0 saturated carbocycles. The van der Waals surface area contributed by atoms with Crippen molar-refractivity contribution in [1.29, 1.82) is 0 Å². The second kappa shape index (κ2) is 8.64. The Morgan fingerprint density at radius 1 is 1.18 bits per heavy atom. The van der Waals surface area contributed by atoms with E-state index in [4.69, 9.17) is 19.9 Å². The fourth-order valence-electron chi connectivity index (χ4n) is 3.27. The topological polar surface area (TPSA) is 112 Å². The van der Waals surface area contributed by atoms with Crippen LogP contribution in [0.4, 0.5) is 23.0 Å². The van der Waals surface area contributed by atoms with Crippen molar-refractivity contribution in [3.8, 4) is 11.5 Å². The first-order valence-electron chi connectivity index (χ1n) is 8.99. The van der Waals surface area contributed by atoms with Gasteiger partial charge in [-0.15, -0.1) is 0 Å². The van der Waals surface area contributed by atoms with E-state index in [-0.39, 0.29) is 11.9 Å². The van der Waals surface area contributed by atoms with E-state index in [9.17, 15) is 4.79 Å². The lowest BCUT2D eigenvalue weighted by Crippen LogP contribution is -2.37. The van der Waals surface area contributed by atoms with E-state index in [1.165, 1.54) is 13.4 Å². The van der Waals surface area contributed by atoms with Crippen molar-refractivity contribution in [3.05, 3.63) is 24.5 Å². The number of nitrogen functional groups attached to an aromatic ring is 1. The lowest BCUT2D eigenvalue weighted by Gasteiger charge is -2.32. The molecule has 0 amide bonds. The molecule has 2 aromatic rings. The zero-order valence-electron chi connectivity index (χ0n) is 16.3. The Hall–Kier alpha value is -3.23. The van der Waals surface area contributed by atoms with Crippen molar-refractivity contribution in [3.63, 3.8) is 0 Å². The third-order valence-corrected chi connectivity index (χ3v) is 4.85. The summed E-state index contributed by atoms with van der Waals surface area (Å²) in [7, 11) is 4.61. The summed E-state index contributed by atoms with van der Waals surface area (Å²) in [6, 6.07) is 5.42.